The summed E-state index contributed by atoms with van der Waals surface area (Å²) in [7, 11) is -1.44. The molecule has 2 unspecified atom stereocenters. The fourth-order valence-electron chi connectivity index (χ4n) is 3.79. The van der Waals surface area contributed by atoms with Gasteiger partial charge >= 0.3 is 6.03 Å². The summed E-state index contributed by atoms with van der Waals surface area (Å²) >= 11 is 0. The van der Waals surface area contributed by atoms with E-state index < -0.39 is 17.1 Å². The summed E-state index contributed by atoms with van der Waals surface area (Å²) in [5.74, 6) is 0.759. The number of aliphatic hydroxyl groups excluding tert-OH is 1. The molecule has 0 aliphatic rings. The molecule has 0 saturated heterocycles. The van der Waals surface area contributed by atoms with Crippen LogP contribution in [-0.4, -0.2) is 52.8 Å². The minimum absolute atomic E-state index is 0.156. The van der Waals surface area contributed by atoms with E-state index in [0.717, 1.165) is 36.9 Å². The van der Waals surface area contributed by atoms with E-state index in [-0.39, 0.29) is 18.4 Å². The zero-order valence-corrected chi connectivity index (χ0v) is 23.7. The van der Waals surface area contributed by atoms with Crippen LogP contribution in [0.5, 0.6) is 11.5 Å². The minimum Gasteiger partial charge on any atom is -0.508 e. The maximum atomic E-state index is 12.7. The van der Waals surface area contributed by atoms with E-state index in [2.05, 4.69) is 27.6 Å². The van der Waals surface area contributed by atoms with Crippen molar-refractivity contribution >= 4 is 28.4 Å². The van der Waals surface area contributed by atoms with E-state index >= 15 is 0 Å². The second-order valence-corrected chi connectivity index (χ2v) is 10.7. The third-order valence-electron chi connectivity index (χ3n) is 6.06. The third-order valence-corrected chi connectivity index (χ3v) is 7.18. The van der Waals surface area contributed by atoms with Gasteiger partial charge in [-0.2, -0.15) is 0 Å². The molecule has 0 fully saturated rings. The van der Waals surface area contributed by atoms with E-state index in [1.54, 1.807) is 36.4 Å². The predicted octanol–water partition coefficient (Wildman–Crippen LogP) is 4.80. The Balaban J connectivity index is 1.32. The summed E-state index contributed by atoms with van der Waals surface area (Å²) in [6.07, 6.45) is 4.52. The lowest BCUT2D eigenvalue weighted by Crippen LogP contribution is -2.32. The molecule has 2 atom stereocenters. The first-order valence-corrected chi connectivity index (χ1v) is 14.8. The maximum absolute atomic E-state index is 12.7. The highest BCUT2D eigenvalue weighted by molar-refractivity contribution is 7.86. The average molecular weight is 569 g/mol. The van der Waals surface area contributed by atoms with Gasteiger partial charge < -0.3 is 35.6 Å². The summed E-state index contributed by atoms with van der Waals surface area (Å²) in [6, 6.07) is 20.8. The quantitative estimate of drug-likeness (QED) is 0.130. The fraction of sp³-hybridized carbons (Fsp3) is 0.367. The number of benzene rings is 3. The van der Waals surface area contributed by atoms with Crippen molar-refractivity contribution in [1.29, 1.82) is 0 Å². The number of urea groups is 1. The number of rotatable bonds is 17. The molecule has 0 aliphatic heterocycles. The van der Waals surface area contributed by atoms with E-state index in [9.17, 15) is 19.2 Å². The number of nitrogens with one attached hydrogen (secondary N) is 4. The molecule has 6 N–H and O–H groups in total. The zero-order chi connectivity index (χ0) is 28.6. The maximum Gasteiger partial charge on any atom is 0.319 e. The highest BCUT2D eigenvalue weighted by atomic mass is 32.2. The summed E-state index contributed by atoms with van der Waals surface area (Å²) < 4.78 is 21.2. The van der Waals surface area contributed by atoms with Gasteiger partial charge in [-0.05, 0) is 85.6 Å². The first-order chi connectivity index (χ1) is 19.4. The monoisotopic (exact) mass is 568 g/mol. The molecule has 2 amide bonds. The number of carbonyl (C=O) groups is 1. The molecule has 0 aromatic heterocycles. The Labute approximate surface area is 238 Å². The third kappa shape index (κ3) is 11.6. The lowest BCUT2D eigenvalue weighted by Gasteiger charge is -2.13. The molecule has 9 nitrogen and oxygen atoms in total. The largest absolute Gasteiger partial charge is 0.508 e. The number of hydrogen-bond donors (Lipinski definition) is 6. The van der Waals surface area contributed by atoms with Crippen LogP contribution < -0.4 is 25.4 Å². The van der Waals surface area contributed by atoms with Gasteiger partial charge in [-0.25, -0.2) is 9.00 Å². The number of aliphatic hydroxyl groups is 1. The molecule has 40 heavy (non-hydrogen) atoms. The second kappa shape index (κ2) is 17.2. The standard InChI is InChI=1S/C30H40N4O5S/c1-2-3-4-5-19-32-30(37)33-24-10-16-29(17-11-24)40(38)34-25-8-6-23(7-9-25)18-20-31-21-27(36)22-39-28-14-12-26(35)13-15-28/h6-17,27,31,34-36H,2-5,18-22H2,1H3,(H2,32,33,37). The smallest absolute Gasteiger partial charge is 0.319 e. The van der Waals surface area contributed by atoms with Crippen molar-refractivity contribution in [1.82, 2.24) is 10.6 Å². The van der Waals surface area contributed by atoms with Crippen molar-refractivity contribution < 1.29 is 24.0 Å². The Morgan fingerprint density at radius 3 is 2.30 bits per heavy atom. The fourth-order valence-corrected chi connectivity index (χ4v) is 4.64. The van der Waals surface area contributed by atoms with E-state index in [0.29, 0.717) is 36.0 Å². The first kappa shape index (κ1) is 30.9. The Kier molecular flexibility index (Phi) is 13.3. The highest BCUT2D eigenvalue weighted by Gasteiger charge is 2.08. The van der Waals surface area contributed by atoms with Crippen molar-refractivity contribution in [2.75, 3.05) is 36.3 Å². The number of phenolic OH excluding ortho intramolecular Hbond substituents is 1. The van der Waals surface area contributed by atoms with Gasteiger partial charge in [-0.15, -0.1) is 0 Å². The van der Waals surface area contributed by atoms with Crippen molar-refractivity contribution in [3.8, 4) is 11.5 Å². The van der Waals surface area contributed by atoms with Crippen LogP contribution in [0.25, 0.3) is 0 Å². The summed E-state index contributed by atoms with van der Waals surface area (Å²) in [4.78, 5) is 12.6. The van der Waals surface area contributed by atoms with Crippen LogP contribution in [0.4, 0.5) is 16.2 Å². The number of hydrogen-bond acceptors (Lipinski definition) is 6. The first-order valence-electron chi connectivity index (χ1n) is 13.7. The molecule has 3 aromatic rings. The summed E-state index contributed by atoms with van der Waals surface area (Å²) in [5, 5.41) is 28.2. The molecular formula is C30H40N4O5S. The SMILES string of the molecule is CCCCCCNC(=O)Nc1ccc(S(=O)Nc2ccc(CCNCC(O)COc3ccc(O)cc3)cc2)cc1. The number of phenols is 1. The summed E-state index contributed by atoms with van der Waals surface area (Å²) in [5.41, 5.74) is 2.49. The van der Waals surface area contributed by atoms with E-state index in [4.69, 9.17) is 4.74 Å². The van der Waals surface area contributed by atoms with E-state index in [1.165, 1.54) is 18.6 Å². The van der Waals surface area contributed by atoms with Gasteiger partial charge in [-0.1, -0.05) is 38.3 Å². The normalized spacial score (nSPS) is 12.3. The van der Waals surface area contributed by atoms with Crippen LogP contribution in [0.3, 0.4) is 0 Å². The highest BCUT2D eigenvalue weighted by Crippen LogP contribution is 2.17. The van der Waals surface area contributed by atoms with Crippen molar-refractivity contribution in [2.24, 2.45) is 0 Å². The molecule has 3 rings (SSSR count). The predicted molar refractivity (Wildman–Crippen MR) is 160 cm³/mol. The number of anilines is 2. The van der Waals surface area contributed by atoms with Gasteiger partial charge in [0, 0.05) is 24.5 Å². The average Bonchev–Trinajstić information content (AvgIpc) is 2.96. The minimum atomic E-state index is -1.44. The van der Waals surface area contributed by atoms with Crippen molar-refractivity contribution in [3.05, 3.63) is 78.4 Å². The van der Waals surface area contributed by atoms with Gasteiger partial charge in [-0.3, -0.25) is 0 Å². The Morgan fingerprint density at radius 2 is 1.60 bits per heavy atom. The molecule has 0 radical (unpaired) electrons. The molecular weight excluding hydrogens is 528 g/mol. The number of carbonyl (C=O) groups excluding carboxylic acids is 1. The molecule has 0 bridgehead atoms. The molecule has 216 valence electrons. The van der Waals surface area contributed by atoms with Crippen LogP contribution >= 0.6 is 0 Å². The van der Waals surface area contributed by atoms with Crippen LogP contribution in [-0.2, 0) is 17.4 Å². The van der Waals surface area contributed by atoms with Gasteiger partial charge in [0.05, 0.1) is 4.90 Å². The lowest BCUT2D eigenvalue weighted by molar-refractivity contribution is 0.106. The summed E-state index contributed by atoms with van der Waals surface area (Å²) in [6.45, 7) is 4.04. The number of ether oxygens (including phenoxy) is 1. The van der Waals surface area contributed by atoms with Crippen LogP contribution in [0.2, 0.25) is 0 Å². The van der Waals surface area contributed by atoms with Crippen LogP contribution in [0, 0.1) is 0 Å². The number of aromatic hydroxyl groups is 1. The van der Waals surface area contributed by atoms with Gasteiger partial charge in [0.1, 0.15) is 35.2 Å². The number of unbranched alkanes of at least 4 members (excludes halogenated alkanes) is 3. The van der Waals surface area contributed by atoms with Gasteiger partial charge in [0.2, 0.25) is 0 Å². The lowest BCUT2D eigenvalue weighted by atomic mass is 10.1. The van der Waals surface area contributed by atoms with Gasteiger partial charge in [0.25, 0.3) is 0 Å². The van der Waals surface area contributed by atoms with E-state index in [1.807, 2.05) is 24.3 Å². The molecule has 0 heterocycles. The molecule has 3 aromatic carbocycles. The van der Waals surface area contributed by atoms with Crippen LogP contribution in [0.15, 0.2) is 77.7 Å². The molecule has 0 spiro atoms. The molecule has 0 aliphatic carbocycles. The van der Waals surface area contributed by atoms with Crippen molar-refractivity contribution in [3.63, 3.8) is 0 Å². The van der Waals surface area contributed by atoms with Gasteiger partial charge in [0.15, 0.2) is 0 Å². The Bertz CT molecular complexity index is 1170. The topological polar surface area (TPSA) is 132 Å². The van der Waals surface area contributed by atoms with Crippen molar-refractivity contribution in [2.45, 2.75) is 50.0 Å². The Hall–Kier alpha value is -3.60. The second-order valence-electron chi connectivity index (χ2n) is 9.45. The Morgan fingerprint density at radius 1 is 0.900 bits per heavy atom. The molecule has 0 saturated carbocycles. The zero-order valence-electron chi connectivity index (χ0n) is 22.9. The molecule has 10 heteroatoms. The van der Waals surface area contributed by atoms with Crippen LogP contribution in [0.1, 0.15) is 38.2 Å². The number of amides is 2.